The van der Waals surface area contributed by atoms with Crippen LogP contribution < -0.4 is 10.6 Å². The Morgan fingerprint density at radius 1 is 0.667 bits per heavy atom. The van der Waals surface area contributed by atoms with Gasteiger partial charge in [0, 0.05) is 12.1 Å². The molecule has 2 amide bonds. The number of aliphatic carboxylic acids is 2. The van der Waals surface area contributed by atoms with E-state index in [1.165, 1.54) is 0 Å². The first kappa shape index (κ1) is 25.5. The van der Waals surface area contributed by atoms with Crippen LogP contribution in [0.5, 0.6) is 0 Å². The molecule has 2 rings (SSSR count). The van der Waals surface area contributed by atoms with Crippen LogP contribution in [0, 0.1) is 11.8 Å². The van der Waals surface area contributed by atoms with Crippen molar-refractivity contribution in [1.29, 1.82) is 0 Å². The largest absolute Gasteiger partial charge is 0.481 e. The molecule has 0 atom stereocenters. The Kier molecular flexibility index (Phi) is 8.50. The second kappa shape index (κ2) is 9.99. The smallest absolute Gasteiger partial charge is 0.407 e. The summed E-state index contributed by atoms with van der Waals surface area (Å²) in [6.45, 7) is 10.7. The lowest BCUT2D eigenvalue weighted by Gasteiger charge is -2.33. The van der Waals surface area contributed by atoms with E-state index < -0.39 is 35.3 Å². The van der Waals surface area contributed by atoms with Crippen LogP contribution in [-0.4, -0.2) is 57.6 Å². The summed E-state index contributed by atoms with van der Waals surface area (Å²) >= 11 is 0. The molecule has 0 aromatic rings. The molecule has 10 heteroatoms. The Hall–Kier alpha value is -2.52. The third-order valence-corrected chi connectivity index (χ3v) is 4.42. The molecule has 0 radical (unpaired) electrons. The Labute approximate surface area is 176 Å². The fourth-order valence-corrected chi connectivity index (χ4v) is 2.82. The highest BCUT2D eigenvalue weighted by atomic mass is 16.6. The van der Waals surface area contributed by atoms with E-state index in [-0.39, 0.29) is 23.9 Å². The van der Waals surface area contributed by atoms with Crippen molar-refractivity contribution in [3.8, 4) is 0 Å². The van der Waals surface area contributed by atoms with Crippen LogP contribution in [0.15, 0.2) is 0 Å². The van der Waals surface area contributed by atoms with Crippen molar-refractivity contribution in [3.05, 3.63) is 0 Å². The SMILES string of the molecule is CC(C)(C)OC(=O)NC1CC(C(=O)O)C1.CC(C)(C)OC(=O)NC1CC(C(=O)O)C1. The maximum atomic E-state index is 11.3. The molecule has 0 unspecified atom stereocenters. The number of carbonyl (C=O) groups is 4. The molecule has 4 N–H and O–H groups in total. The van der Waals surface area contributed by atoms with Crippen molar-refractivity contribution in [2.45, 2.75) is 90.5 Å². The molecule has 172 valence electrons. The van der Waals surface area contributed by atoms with Crippen LogP contribution in [0.25, 0.3) is 0 Å². The van der Waals surface area contributed by atoms with E-state index in [1.807, 2.05) is 0 Å². The zero-order valence-corrected chi connectivity index (χ0v) is 18.5. The summed E-state index contributed by atoms with van der Waals surface area (Å²) in [7, 11) is 0. The van der Waals surface area contributed by atoms with Gasteiger partial charge in [0.25, 0.3) is 0 Å². The zero-order valence-electron chi connectivity index (χ0n) is 18.5. The molecule has 0 bridgehead atoms. The van der Waals surface area contributed by atoms with Gasteiger partial charge in [-0.25, -0.2) is 9.59 Å². The fourth-order valence-electron chi connectivity index (χ4n) is 2.82. The number of alkyl carbamates (subject to hydrolysis) is 2. The molecule has 0 aliphatic heterocycles. The minimum Gasteiger partial charge on any atom is -0.481 e. The average molecular weight is 430 g/mol. The van der Waals surface area contributed by atoms with Crippen molar-refractivity contribution in [2.75, 3.05) is 0 Å². The quantitative estimate of drug-likeness (QED) is 0.531. The van der Waals surface area contributed by atoms with Gasteiger partial charge in [-0.3, -0.25) is 9.59 Å². The van der Waals surface area contributed by atoms with Gasteiger partial charge in [-0.15, -0.1) is 0 Å². The summed E-state index contributed by atoms with van der Waals surface area (Å²) < 4.78 is 10.1. The van der Waals surface area contributed by atoms with Crippen LogP contribution in [-0.2, 0) is 19.1 Å². The highest BCUT2D eigenvalue weighted by molar-refractivity contribution is 5.73. The summed E-state index contributed by atoms with van der Waals surface area (Å²) in [4.78, 5) is 43.5. The van der Waals surface area contributed by atoms with Gasteiger partial charge in [-0.05, 0) is 67.2 Å². The molecule has 2 aliphatic rings. The minimum atomic E-state index is -0.794. The zero-order chi connectivity index (χ0) is 23.3. The molecular weight excluding hydrogens is 396 g/mol. The number of hydrogen-bond acceptors (Lipinski definition) is 6. The van der Waals surface area contributed by atoms with Crippen molar-refractivity contribution in [1.82, 2.24) is 10.6 Å². The van der Waals surface area contributed by atoms with E-state index in [0.717, 1.165) is 0 Å². The predicted octanol–water partition coefficient (Wildman–Crippen LogP) is 2.75. The van der Waals surface area contributed by atoms with Gasteiger partial charge in [0.05, 0.1) is 11.8 Å². The first-order valence-corrected chi connectivity index (χ1v) is 10.0. The van der Waals surface area contributed by atoms with Gasteiger partial charge in [0.2, 0.25) is 0 Å². The molecule has 2 saturated carbocycles. The molecule has 0 aromatic carbocycles. The molecule has 0 spiro atoms. The third-order valence-electron chi connectivity index (χ3n) is 4.42. The van der Waals surface area contributed by atoms with Gasteiger partial charge < -0.3 is 30.3 Å². The number of ether oxygens (including phenoxy) is 2. The van der Waals surface area contributed by atoms with Gasteiger partial charge in [0.15, 0.2) is 0 Å². The standard InChI is InChI=1S/2C10H17NO4/c2*1-10(2,3)15-9(14)11-7-4-6(5-7)8(12)13/h2*6-7H,4-5H2,1-3H3,(H,11,14)(H,12,13). The molecule has 0 heterocycles. The fraction of sp³-hybridized carbons (Fsp3) is 0.800. The lowest BCUT2D eigenvalue weighted by molar-refractivity contribution is -0.146. The maximum Gasteiger partial charge on any atom is 0.407 e. The van der Waals surface area contributed by atoms with E-state index in [0.29, 0.717) is 25.7 Å². The Balaban J connectivity index is 0.000000300. The topological polar surface area (TPSA) is 151 Å². The Bertz CT molecular complexity index is 582. The third kappa shape index (κ3) is 9.80. The summed E-state index contributed by atoms with van der Waals surface area (Å²) in [5.41, 5.74) is -1.03. The van der Waals surface area contributed by atoms with E-state index in [1.54, 1.807) is 41.5 Å². The predicted molar refractivity (Wildman–Crippen MR) is 107 cm³/mol. The number of amides is 2. The lowest BCUT2D eigenvalue weighted by atomic mass is 9.80. The van der Waals surface area contributed by atoms with Crippen molar-refractivity contribution >= 4 is 24.1 Å². The second-order valence-electron chi connectivity index (χ2n) is 9.70. The van der Waals surface area contributed by atoms with E-state index in [4.69, 9.17) is 19.7 Å². The highest BCUT2D eigenvalue weighted by Gasteiger charge is 2.37. The van der Waals surface area contributed by atoms with Crippen molar-refractivity contribution < 1.29 is 38.9 Å². The first-order valence-electron chi connectivity index (χ1n) is 10.0. The minimum absolute atomic E-state index is 0.0547. The van der Waals surface area contributed by atoms with Crippen LogP contribution in [0.3, 0.4) is 0 Å². The number of rotatable bonds is 4. The number of nitrogens with one attached hydrogen (secondary N) is 2. The van der Waals surface area contributed by atoms with Gasteiger partial charge >= 0.3 is 24.1 Å². The van der Waals surface area contributed by atoms with Crippen LogP contribution in [0.1, 0.15) is 67.2 Å². The number of hydrogen-bond donors (Lipinski definition) is 4. The molecule has 2 aliphatic carbocycles. The molecular formula is C20H34N2O8. The monoisotopic (exact) mass is 430 g/mol. The van der Waals surface area contributed by atoms with Gasteiger partial charge in [0.1, 0.15) is 11.2 Å². The summed E-state index contributed by atoms with van der Waals surface area (Å²) in [5, 5.41) is 22.5. The van der Waals surface area contributed by atoms with Gasteiger partial charge in [-0.2, -0.15) is 0 Å². The Morgan fingerprint density at radius 3 is 1.13 bits per heavy atom. The average Bonchev–Trinajstić information content (AvgIpc) is 2.41. The second-order valence-corrected chi connectivity index (χ2v) is 9.70. The van der Waals surface area contributed by atoms with Crippen LogP contribution in [0.2, 0.25) is 0 Å². The summed E-state index contributed by atoms with van der Waals surface area (Å²) in [6, 6.07) is -0.109. The van der Waals surface area contributed by atoms with E-state index >= 15 is 0 Å². The summed E-state index contributed by atoms with van der Waals surface area (Å²) in [6.07, 6.45) is 1.03. The number of carbonyl (C=O) groups excluding carboxylic acids is 2. The Morgan fingerprint density at radius 2 is 0.933 bits per heavy atom. The highest BCUT2D eigenvalue weighted by Crippen LogP contribution is 2.28. The molecule has 30 heavy (non-hydrogen) atoms. The molecule has 2 fully saturated rings. The number of carboxylic acids is 2. The van der Waals surface area contributed by atoms with Gasteiger partial charge in [-0.1, -0.05) is 0 Å². The summed E-state index contributed by atoms with van der Waals surface area (Å²) in [5.74, 6) is -2.22. The lowest BCUT2D eigenvalue weighted by Crippen LogP contribution is -2.48. The number of carboxylic acid groups (broad SMARTS) is 2. The first-order chi connectivity index (χ1) is 13.6. The molecule has 0 aromatic heterocycles. The van der Waals surface area contributed by atoms with E-state index in [9.17, 15) is 19.2 Å². The van der Waals surface area contributed by atoms with Crippen LogP contribution in [0.4, 0.5) is 9.59 Å². The molecule has 10 nitrogen and oxygen atoms in total. The van der Waals surface area contributed by atoms with Crippen LogP contribution >= 0.6 is 0 Å². The van der Waals surface area contributed by atoms with Crippen molar-refractivity contribution in [2.24, 2.45) is 11.8 Å². The van der Waals surface area contributed by atoms with Crippen molar-refractivity contribution in [3.63, 3.8) is 0 Å². The maximum absolute atomic E-state index is 11.3. The molecule has 0 saturated heterocycles. The van der Waals surface area contributed by atoms with E-state index in [2.05, 4.69) is 10.6 Å². The normalized spacial score (nSPS) is 25.3.